The van der Waals surface area contributed by atoms with Gasteiger partial charge in [-0.25, -0.2) is 0 Å². The first-order chi connectivity index (χ1) is 15.6. The van der Waals surface area contributed by atoms with Crippen LogP contribution in [-0.4, -0.2) is 26.2 Å². The molecule has 0 saturated heterocycles. The third-order valence-electron chi connectivity index (χ3n) is 7.19. The van der Waals surface area contributed by atoms with Gasteiger partial charge in [-0.1, -0.05) is 92.9 Å². The second kappa shape index (κ2) is 18.3. The molecule has 0 heterocycles. The molecular weight excluding hydrogens is 388 g/mol. The summed E-state index contributed by atoms with van der Waals surface area (Å²) in [6, 6.07) is 9.62. The van der Waals surface area contributed by atoms with Gasteiger partial charge in [0.1, 0.15) is 0 Å². The van der Waals surface area contributed by atoms with Crippen LogP contribution < -0.4 is 9.80 Å². The summed E-state index contributed by atoms with van der Waals surface area (Å²) in [7, 11) is 0. The van der Waals surface area contributed by atoms with Crippen LogP contribution >= 0.6 is 0 Å². The van der Waals surface area contributed by atoms with E-state index in [4.69, 9.17) is 0 Å². The summed E-state index contributed by atoms with van der Waals surface area (Å²) in [6.45, 7) is 18.8. The molecule has 0 bridgehead atoms. The van der Waals surface area contributed by atoms with Crippen molar-refractivity contribution in [3.8, 4) is 0 Å². The molecule has 0 saturated carbocycles. The van der Waals surface area contributed by atoms with Gasteiger partial charge >= 0.3 is 0 Å². The molecule has 2 unspecified atom stereocenters. The van der Waals surface area contributed by atoms with E-state index in [0.717, 1.165) is 11.8 Å². The zero-order valence-corrected chi connectivity index (χ0v) is 22.7. The highest BCUT2D eigenvalue weighted by molar-refractivity contribution is 5.56. The smallest absolute Gasteiger partial charge is 0.0367 e. The lowest BCUT2D eigenvalue weighted by molar-refractivity contribution is 0.443. The molecule has 1 rings (SSSR count). The minimum Gasteiger partial charge on any atom is -0.371 e. The van der Waals surface area contributed by atoms with Gasteiger partial charge in [-0.15, -0.1) is 0 Å². The van der Waals surface area contributed by atoms with Crippen LogP contribution in [0.15, 0.2) is 24.3 Å². The van der Waals surface area contributed by atoms with Gasteiger partial charge in [0.15, 0.2) is 0 Å². The monoisotopic (exact) mass is 444 g/mol. The largest absolute Gasteiger partial charge is 0.371 e. The van der Waals surface area contributed by atoms with Gasteiger partial charge in [-0.2, -0.15) is 0 Å². The van der Waals surface area contributed by atoms with Crippen molar-refractivity contribution in [2.45, 2.75) is 119 Å². The minimum absolute atomic E-state index is 0.816. The highest BCUT2D eigenvalue weighted by Crippen LogP contribution is 2.26. The van der Waals surface area contributed by atoms with E-state index in [9.17, 15) is 0 Å². The fraction of sp³-hybridized carbons (Fsp3) is 0.800. The number of hydrogen-bond donors (Lipinski definition) is 0. The molecule has 0 fully saturated rings. The third kappa shape index (κ3) is 11.1. The second-order valence-corrected chi connectivity index (χ2v) is 9.95. The highest BCUT2D eigenvalue weighted by atomic mass is 15.1. The van der Waals surface area contributed by atoms with Crippen LogP contribution in [0.3, 0.4) is 0 Å². The van der Waals surface area contributed by atoms with Gasteiger partial charge < -0.3 is 9.80 Å². The maximum Gasteiger partial charge on any atom is 0.0367 e. The molecule has 32 heavy (non-hydrogen) atoms. The number of benzene rings is 1. The number of nitrogens with zero attached hydrogens (tertiary/aromatic N) is 2. The van der Waals surface area contributed by atoms with Crippen LogP contribution in [0, 0.1) is 11.8 Å². The van der Waals surface area contributed by atoms with Crippen LogP contribution in [0.25, 0.3) is 0 Å². The molecule has 186 valence electrons. The van der Waals surface area contributed by atoms with Crippen LogP contribution in [0.5, 0.6) is 0 Å². The maximum absolute atomic E-state index is 2.67. The van der Waals surface area contributed by atoms with Gasteiger partial charge in [0.05, 0.1) is 0 Å². The minimum atomic E-state index is 0.816. The van der Waals surface area contributed by atoms with Crippen LogP contribution in [0.1, 0.15) is 119 Å². The third-order valence-corrected chi connectivity index (χ3v) is 7.19. The quantitative estimate of drug-likeness (QED) is 0.198. The van der Waals surface area contributed by atoms with E-state index in [2.05, 4.69) is 75.6 Å². The Hall–Kier alpha value is -1.18. The standard InChI is InChI=1S/C30H56N2/c1-7-13-17-27(11-5)25-31(23-15-9-3)29-19-21-30(22-20-29)32(24-16-10-4)26-28(12-6)18-14-8-2/h19-22,27-28H,7-18,23-26H2,1-6H3. The van der Waals surface area contributed by atoms with E-state index < -0.39 is 0 Å². The van der Waals surface area contributed by atoms with E-state index >= 15 is 0 Å². The Labute approximate surface area is 202 Å². The molecular formula is C30H56N2. The Balaban J connectivity index is 2.95. The first-order valence-electron chi connectivity index (χ1n) is 14.2. The molecule has 2 heteroatoms. The fourth-order valence-corrected chi connectivity index (χ4v) is 4.68. The number of unbranched alkanes of at least 4 members (excludes halogenated alkanes) is 4. The first-order valence-corrected chi connectivity index (χ1v) is 14.2. The summed E-state index contributed by atoms with van der Waals surface area (Å²) in [6.07, 6.45) is 15.8. The lowest BCUT2D eigenvalue weighted by Gasteiger charge is -2.31. The Morgan fingerprint density at radius 3 is 1.16 bits per heavy atom. The zero-order chi connectivity index (χ0) is 23.6. The number of rotatable bonds is 20. The SMILES string of the molecule is CCCCC(CC)CN(CCCC)c1ccc(N(CCCC)CC(CC)CCCC)cc1. The van der Waals surface area contributed by atoms with E-state index in [1.54, 1.807) is 0 Å². The van der Waals surface area contributed by atoms with Crippen LogP contribution in [0.2, 0.25) is 0 Å². The molecule has 0 N–H and O–H groups in total. The molecule has 2 atom stereocenters. The van der Waals surface area contributed by atoms with Gasteiger partial charge in [0, 0.05) is 37.6 Å². The highest BCUT2D eigenvalue weighted by Gasteiger charge is 2.16. The van der Waals surface area contributed by atoms with Gasteiger partial charge in [-0.05, 0) is 61.8 Å². The average molecular weight is 445 g/mol. The molecule has 1 aromatic rings. The Morgan fingerprint density at radius 1 is 0.531 bits per heavy atom. The van der Waals surface area contributed by atoms with E-state index in [-0.39, 0.29) is 0 Å². The van der Waals surface area contributed by atoms with Crippen molar-refractivity contribution in [3.63, 3.8) is 0 Å². The maximum atomic E-state index is 2.67. The van der Waals surface area contributed by atoms with E-state index in [0.29, 0.717) is 0 Å². The number of anilines is 2. The predicted octanol–water partition coefficient (Wildman–Crippen LogP) is 9.33. The Morgan fingerprint density at radius 2 is 0.875 bits per heavy atom. The topological polar surface area (TPSA) is 6.48 Å². The Bertz CT molecular complexity index is 489. The van der Waals surface area contributed by atoms with Crippen molar-refractivity contribution in [1.29, 1.82) is 0 Å². The fourth-order valence-electron chi connectivity index (χ4n) is 4.68. The van der Waals surface area contributed by atoms with Crippen LogP contribution in [0.4, 0.5) is 11.4 Å². The summed E-state index contributed by atoms with van der Waals surface area (Å²) in [5, 5.41) is 0. The molecule has 0 radical (unpaired) electrons. The van der Waals surface area contributed by atoms with Crippen molar-refractivity contribution in [3.05, 3.63) is 24.3 Å². The van der Waals surface area contributed by atoms with Crippen molar-refractivity contribution >= 4 is 11.4 Å². The summed E-state index contributed by atoms with van der Waals surface area (Å²) in [5.74, 6) is 1.63. The zero-order valence-electron chi connectivity index (χ0n) is 22.7. The molecule has 1 aromatic carbocycles. The first kappa shape index (κ1) is 28.9. The summed E-state index contributed by atoms with van der Waals surface area (Å²) < 4.78 is 0. The average Bonchev–Trinajstić information content (AvgIpc) is 2.83. The molecule has 0 aliphatic rings. The van der Waals surface area contributed by atoms with Gasteiger partial charge in [0.2, 0.25) is 0 Å². The molecule has 0 aliphatic carbocycles. The summed E-state index contributed by atoms with van der Waals surface area (Å²) in [5.41, 5.74) is 2.84. The van der Waals surface area contributed by atoms with Crippen LogP contribution in [-0.2, 0) is 0 Å². The summed E-state index contributed by atoms with van der Waals surface area (Å²) >= 11 is 0. The van der Waals surface area contributed by atoms with Crippen molar-refractivity contribution in [2.75, 3.05) is 36.0 Å². The van der Waals surface area contributed by atoms with E-state index in [1.165, 1.54) is 115 Å². The lowest BCUT2D eigenvalue weighted by Crippen LogP contribution is -2.31. The lowest BCUT2D eigenvalue weighted by atomic mass is 9.98. The van der Waals surface area contributed by atoms with Crippen molar-refractivity contribution < 1.29 is 0 Å². The second-order valence-electron chi connectivity index (χ2n) is 9.95. The molecule has 0 spiro atoms. The Kier molecular flexibility index (Phi) is 16.5. The number of hydrogen-bond acceptors (Lipinski definition) is 2. The summed E-state index contributed by atoms with van der Waals surface area (Å²) in [4.78, 5) is 5.34. The van der Waals surface area contributed by atoms with Crippen molar-refractivity contribution in [1.82, 2.24) is 0 Å². The predicted molar refractivity (Wildman–Crippen MR) is 147 cm³/mol. The van der Waals surface area contributed by atoms with Crippen molar-refractivity contribution in [2.24, 2.45) is 11.8 Å². The molecule has 2 nitrogen and oxygen atoms in total. The molecule has 0 aliphatic heterocycles. The normalized spacial score (nSPS) is 13.2. The molecule has 0 aromatic heterocycles. The van der Waals surface area contributed by atoms with Gasteiger partial charge in [0.25, 0.3) is 0 Å². The molecule has 0 amide bonds. The van der Waals surface area contributed by atoms with E-state index in [1.807, 2.05) is 0 Å². The van der Waals surface area contributed by atoms with Gasteiger partial charge in [-0.3, -0.25) is 0 Å².